The average molecular weight is 856 g/mol. The van der Waals surface area contributed by atoms with E-state index in [1.54, 1.807) is 36.5 Å². The summed E-state index contributed by atoms with van der Waals surface area (Å²) in [5.41, 5.74) is 6.55. The third-order valence-corrected chi connectivity index (χ3v) is 10.9. The maximum Gasteiger partial charge on any atom is 0.120 e. The van der Waals surface area contributed by atoms with Crippen molar-refractivity contribution in [2.24, 2.45) is 5.92 Å². The van der Waals surface area contributed by atoms with Crippen LogP contribution in [0.1, 0.15) is 57.5 Å². The molecule has 50 heavy (non-hydrogen) atoms. The number of pyridine rings is 2. The monoisotopic (exact) mass is 856 g/mol. The first-order valence-corrected chi connectivity index (χ1v) is 20.4. The molecule has 0 N–H and O–H groups in total. The van der Waals surface area contributed by atoms with E-state index in [2.05, 4.69) is 41.7 Å². The minimum Gasteiger partial charge on any atom is -0.500 e. The molecule has 0 aliphatic heterocycles. The van der Waals surface area contributed by atoms with Crippen molar-refractivity contribution in [2.45, 2.75) is 64.9 Å². The molecule has 1 aliphatic carbocycles. The van der Waals surface area contributed by atoms with E-state index in [-0.39, 0.29) is 31.6 Å². The number of hydrogen-bond acceptors (Lipinski definition) is 3. The third-order valence-electron chi connectivity index (χ3n) is 8.91. The van der Waals surface area contributed by atoms with Crippen molar-refractivity contribution in [3.05, 3.63) is 150 Å². The number of benzene rings is 4. The predicted molar refractivity (Wildman–Crippen MR) is 207 cm³/mol. The van der Waals surface area contributed by atoms with Gasteiger partial charge >= 0.3 is 0 Å². The second-order valence-corrected chi connectivity index (χ2v) is 18.7. The van der Waals surface area contributed by atoms with Gasteiger partial charge in [-0.05, 0) is 65.9 Å². The van der Waals surface area contributed by atoms with Crippen molar-refractivity contribution in [1.29, 1.82) is 0 Å². The Balaban J connectivity index is 0.000000194. The topological polar surface area (TPSA) is 38.9 Å². The van der Waals surface area contributed by atoms with Crippen molar-refractivity contribution < 1.29 is 34.1 Å². The summed E-state index contributed by atoms with van der Waals surface area (Å²) in [6, 6.07) is 37.5. The largest absolute Gasteiger partial charge is 0.500 e. The second-order valence-electron chi connectivity index (χ2n) is 13.6. The number of fused-ring (bicyclic) bond motifs is 3. The summed E-state index contributed by atoms with van der Waals surface area (Å²) in [7, 11) is -1.76. The Labute approximate surface area is 321 Å². The Bertz CT molecular complexity index is 2480. The van der Waals surface area contributed by atoms with E-state index in [1.165, 1.54) is 0 Å². The summed E-state index contributed by atoms with van der Waals surface area (Å²) in [5.74, 6) is 0.0327. The fourth-order valence-electron chi connectivity index (χ4n) is 6.38. The first-order valence-electron chi connectivity index (χ1n) is 20.4. The van der Waals surface area contributed by atoms with Crippen molar-refractivity contribution >= 4 is 35.2 Å². The molecule has 1 saturated carbocycles. The quantitative estimate of drug-likeness (QED) is 0.118. The Kier molecular flexibility index (Phi) is 8.71. The van der Waals surface area contributed by atoms with Crippen LogP contribution in [0.5, 0.6) is 0 Å². The van der Waals surface area contributed by atoms with E-state index in [1.807, 2.05) is 79.0 Å². The Hall–Kier alpha value is -4.15. The van der Waals surface area contributed by atoms with E-state index < -0.39 is 27.7 Å². The zero-order valence-corrected chi connectivity index (χ0v) is 31.9. The second kappa shape index (κ2) is 15.8. The van der Waals surface area contributed by atoms with Gasteiger partial charge in [-0.1, -0.05) is 116 Å². The molecule has 0 atom stereocenters. The van der Waals surface area contributed by atoms with Crippen LogP contribution in [0.4, 0.5) is 0 Å². The predicted octanol–water partition coefficient (Wildman–Crippen LogP) is 11.2. The van der Waals surface area contributed by atoms with Crippen LogP contribution >= 0.6 is 0 Å². The van der Waals surface area contributed by atoms with Crippen LogP contribution in [0.3, 0.4) is 0 Å². The summed E-state index contributed by atoms with van der Waals surface area (Å²) in [4.78, 5) is 9.08. The summed E-state index contributed by atoms with van der Waals surface area (Å²) in [5, 5.41) is 2.58. The maximum absolute atomic E-state index is 8.84. The van der Waals surface area contributed by atoms with E-state index in [9.17, 15) is 0 Å². The van der Waals surface area contributed by atoms with E-state index in [4.69, 9.17) is 14.0 Å². The standard InChI is InChI=1S/C24H22NO.C21H22NSi.Ir/c1-16-6-8-23-20(12-16)21-15-19(7-9-24(21)26-23)22-14-18(10-11-25-22)13-17-4-2-3-5-17;1-23(2,3)21-16-22-20(18-12-8-5-9-13-18)15-19(21)14-17-10-6-4-7-11-17;/h6,8-12,14-15,17H,2-5,13H2,1H3;4-12,15-16H,14H2,1-3H3;/q2*-1;/i1D3,13D2;14D2;. The molecule has 0 amide bonds. The molecular formula is C45H44IrN2OSi-2. The van der Waals surface area contributed by atoms with Gasteiger partial charge < -0.3 is 14.4 Å². The van der Waals surface area contributed by atoms with Gasteiger partial charge in [0.1, 0.15) is 5.58 Å². The molecule has 4 aromatic carbocycles. The summed E-state index contributed by atoms with van der Waals surface area (Å²) in [6.07, 6.45) is 4.55. The van der Waals surface area contributed by atoms with Gasteiger partial charge in [-0.3, -0.25) is 0 Å². The number of aryl methyl sites for hydroxylation is 1. The van der Waals surface area contributed by atoms with Gasteiger partial charge in [-0.15, -0.1) is 59.7 Å². The third kappa shape index (κ3) is 8.41. The maximum atomic E-state index is 8.84. The van der Waals surface area contributed by atoms with E-state index in [0.717, 1.165) is 64.0 Å². The SMILES string of the molecule is [2H]C([2H])([2H])c1ccc2oc3c[c-]c(-c4cc(C([2H])([2H])C5CCCC5)ccn4)cc3c2c1.[2H]C([2H])(c1ccccc1)c1cc(-c2[c-]cccc2)ncc1[Si](C)(C)C.[Ir]. The molecule has 3 nitrogen and oxygen atoms in total. The molecule has 0 saturated heterocycles. The summed E-state index contributed by atoms with van der Waals surface area (Å²) < 4.78 is 64.0. The fourth-order valence-corrected chi connectivity index (χ4v) is 7.77. The van der Waals surface area contributed by atoms with Gasteiger partial charge in [0.25, 0.3) is 0 Å². The number of aromatic nitrogens is 2. The normalized spacial score (nSPS) is 16.1. The van der Waals surface area contributed by atoms with E-state index >= 15 is 0 Å². The number of furan rings is 1. The molecule has 0 spiro atoms. The number of hydrogen-bond donors (Lipinski definition) is 0. The van der Waals surface area contributed by atoms with Crippen LogP contribution in [-0.2, 0) is 32.9 Å². The van der Waals surface area contributed by atoms with Crippen LogP contribution in [-0.4, -0.2) is 18.0 Å². The van der Waals surface area contributed by atoms with Gasteiger partial charge in [-0.25, -0.2) is 0 Å². The van der Waals surface area contributed by atoms with Crippen LogP contribution in [0, 0.1) is 24.9 Å². The zero-order valence-electron chi connectivity index (χ0n) is 35.5. The van der Waals surface area contributed by atoms with Crippen LogP contribution in [0.25, 0.3) is 44.5 Å². The van der Waals surface area contributed by atoms with Gasteiger partial charge in [-0.2, -0.15) is 0 Å². The average Bonchev–Trinajstić information content (AvgIpc) is 3.87. The summed E-state index contributed by atoms with van der Waals surface area (Å²) in [6.45, 7) is 4.48. The number of rotatable bonds is 7. The number of nitrogens with zero attached hydrogens (tertiary/aromatic N) is 2. The van der Waals surface area contributed by atoms with Crippen molar-refractivity contribution in [1.82, 2.24) is 9.97 Å². The zero-order chi connectivity index (χ0) is 39.9. The van der Waals surface area contributed by atoms with Crippen molar-refractivity contribution in [3.8, 4) is 22.5 Å². The van der Waals surface area contributed by atoms with Crippen LogP contribution in [0.2, 0.25) is 19.6 Å². The Morgan fingerprint density at radius 3 is 2.34 bits per heavy atom. The molecule has 8 rings (SSSR count). The van der Waals surface area contributed by atoms with Crippen LogP contribution < -0.4 is 5.19 Å². The van der Waals surface area contributed by atoms with Gasteiger partial charge in [0.05, 0.1) is 13.7 Å². The van der Waals surface area contributed by atoms with Gasteiger partial charge in [0, 0.05) is 47.5 Å². The fraction of sp³-hybridized carbons (Fsp3) is 0.244. The molecule has 1 aliphatic rings. The van der Waals surface area contributed by atoms with Crippen molar-refractivity contribution in [2.75, 3.05) is 0 Å². The molecule has 0 unspecified atom stereocenters. The molecule has 3 aromatic heterocycles. The molecule has 1 radical (unpaired) electrons. The molecule has 0 bridgehead atoms. The Morgan fingerprint density at radius 2 is 1.58 bits per heavy atom. The Morgan fingerprint density at radius 1 is 0.800 bits per heavy atom. The first-order chi connectivity index (χ1) is 26.5. The molecule has 1 fully saturated rings. The smallest absolute Gasteiger partial charge is 0.120 e. The van der Waals surface area contributed by atoms with E-state index in [0.29, 0.717) is 28.0 Å². The molecule has 5 heteroatoms. The van der Waals surface area contributed by atoms with Crippen molar-refractivity contribution in [3.63, 3.8) is 0 Å². The minimum atomic E-state index is -2.19. The molecule has 7 aromatic rings. The minimum absolute atomic E-state index is 0. The first kappa shape index (κ1) is 27.6. The van der Waals surface area contributed by atoms with Gasteiger partial charge in [0.15, 0.2) is 0 Å². The molecule has 3 heterocycles. The van der Waals surface area contributed by atoms with Crippen LogP contribution in [0.15, 0.2) is 120 Å². The molecular weight excluding hydrogens is 805 g/mol. The molecule has 255 valence electrons. The van der Waals surface area contributed by atoms with Gasteiger partial charge in [0.2, 0.25) is 0 Å². The summed E-state index contributed by atoms with van der Waals surface area (Å²) >= 11 is 0.